The molecule has 0 bridgehead atoms. The molecule has 0 unspecified atom stereocenters. The van der Waals surface area contributed by atoms with Crippen LogP contribution >= 0.6 is 11.8 Å². The van der Waals surface area contributed by atoms with E-state index in [9.17, 15) is 10.2 Å². The third-order valence-electron chi connectivity index (χ3n) is 3.28. The van der Waals surface area contributed by atoms with Crippen molar-refractivity contribution in [1.82, 2.24) is 0 Å². The minimum absolute atomic E-state index is 0. The predicted molar refractivity (Wildman–Crippen MR) is 69.6 cm³/mol. The van der Waals surface area contributed by atoms with Crippen molar-refractivity contribution in [3.8, 4) is 0 Å². The number of ether oxygens (including phenoxy) is 1. The van der Waals surface area contributed by atoms with Crippen LogP contribution in [0.25, 0.3) is 0 Å². The van der Waals surface area contributed by atoms with Crippen molar-refractivity contribution < 1.29 is 50.0 Å². The normalized spacial score (nSPS) is 35.9. The van der Waals surface area contributed by atoms with E-state index >= 15 is 0 Å². The van der Waals surface area contributed by atoms with Crippen LogP contribution in [0.4, 0.5) is 0 Å². The van der Waals surface area contributed by atoms with E-state index < -0.39 is 12.2 Å². The summed E-state index contributed by atoms with van der Waals surface area (Å²) < 4.78 is 5.87. The topological polar surface area (TPSA) is 83.1 Å². The van der Waals surface area contributed by atoms with Gasteiger partial charge in [0.15, 0.2) is 0 Å². The highest BCUT2D eigenvalue weighted by Gasteiger charge is 2.50. The zero-order chi connectivity index (χ0) is 13.3. The van der Waals surface area contributed by atoms with Crippen LogP contribution in [0.15, 0.2) is 4.99 Å². The summed E-state index contributed by atoms with van der Waals surface area (Å²) in [6.45, 7) is 3.66. The summed E-state index contributed by atoms with van der Waals surface area (Å²) in [7, 11) is 3.99. The third-order valence-corrected chi connectivity index (χ3v) is 4.64. The lowest BCUT2D eigenvalue weighted by Gasteiger charge is -2.37. The number of fused-ring (bicyclic) bond motifs is 1. The Bertz CT molecular complexity index is 336. The molecule has 9 heteroatoms. The van der Waals surface area contributed by atoms with Crippen molar-refractivity contribution in [2.24, 2.45) is 4.99 Å². The molecule has 5 atom stereocenters. The van der Waals surface area contributed by atoms with E-state index in [4.69, 9.17) is 4.74 Å². The predicted octanol–water partition coefficient (Wildman–Crippen LogP) is -9.36. The molecule has 0 radical (unpaired) electrons. The van der Waals surface area contributed by atoms with Crippen LogP contribution in [0.5, 0.6) is 0 Å². The molecule has 0 amide bonds. The van der Waals surface area contributed by atoms with Crippen LogP contribution in [0.3, 0.4) is 0 Å². The number of hydrogen-bond donors (Lipinski definition) is 4. The van der Waals surface area contributed by atoms with Gasteiger partial charge in [-0.2, -0.15) is 0 Å². The average molecular weight is 348 g/mol. The molecule has 20 heavy (non-hydrogen) atoms. The lowest BCUT2D eigenvalue weighted by atomic mass is 9.98. The summed E-state index contributed by atoms with van der Waals surface area (Å²) in [6.07, 6.45) is -2.00. The summed E-state index contributed by atoms with van der Waals surface area (Å²) in [5.41, 5.74) is -0.163. The van der Waals surface area contributed by atoms with E-state index in [0.29, 0.717) is 6.54 Å². The van der Waals surface area contributed by atoms with E-state index in [1.54, 1.807) is 11.8 Å². The Labute approximate surface area is 136 Å². The summed E-state index contributed by atoms with van der Waals surface area (Å²) in [5.74, 6) is 0. The number of hydrogen-bond acceptors (Lipinski definition) is 5. The summed E-state index contributed by atoms with van der Waals surface area (Å²) in [5, 5.41) is 23.2. The minimum atomic E-state index is -0.852. The number of likely N-dealkylation sites (N-methyl/N-ethyl adjacent to an activating group) is 1. The van der Waals surface area contributed by atoms with Crippen molar-refractivity contribution in [1.29, 1.82) is 0 Å². The molecule has 120 valence electrons. The van der Waals surface area contributed by atoms with Gasteiger partial charge in [0, 0.05) is 0 Å². The van der Waals surface area contributed by atoms with Gasteiger partial charge in [-0.15, -0.1) is 0 Å². The smallest absolute Gasteiger partial charge is 0.260 e. The number of nitrogens with one attached hydrogen (secondary N) is 1. The monoisotopic (exact) mass is 347 g/mol. The third kappa shape index (κ3) is 4.20. The molecule has 2 aliphatic heterocycles. The highest BCUT2D eigenvalue weighted by Crippen LogP contribution is 2.34. The average Bonchev–Trinajstić information content (AvgIpc) is 2.76. The second-order valence-corrected chi connectivity index (χ2v) is 6.09. The molecule has 1 fully saturated rings. The van der Waals surface area contributed by atoms with E-state index in [0.717, 1.165) is 16.6 Å². The van der Waals surface area contributed by atoms with Gasteiger partial charge < -0.3 is 45.1 Å². The van der Waals surface area contributed by atoms with E-state index in [1.165, 1.54) is 0 Å². The van der Waals surface area contributed by atoms with Gasteiger partial charge in [0.05, 0.1) is 20.6 Å². The Balaban J connectivity index is 0.00000180. The zero-order valence-corrected chi connectivity index (χ0v) is 14.1. The second-order valence-electron chi connectivity index (χ2n) is 5.00. The van der Waals surface area contributed by atoms with Gasteiger partial charge >= 0.3 is 0 Å². The highest BCUT2D eigenvalue weighted by atomic mass is 35.5. The highest BCUT2D eigenvalue weighted by molar-refractivity contribution is 8.14. The maximum Gasteiger partial charge on any atom is 0.260 e. The standard InChI is InChI=1S/C11H21N3O3S.2ClH/c1-4-12-5-6-8(15)9(16)7-10(17-6)18-11(13-7)14(2)3;;/h6-10,12,15-16H,4-5H2,1-3H3;2*1H/t6-,7-,8-,9-,10-;;/m1../s1. The number of rotatable bonds is 3. The molecule has 0 aromatic rings. The maximum absolute atomic E-state index is 10.1. The first-order valence-electron chi connectivity index (χ1n) is 6.42. The van der Waals surface area contributed by atoms with Gasteiger partial charge in [-0.25, -0.2) is 4.99 Å². The van der Waals surface area contributed by atoms with Crippen LogP contribution in [-0.4, -0.2) is 72.4 Å². The van der Waals surface area contributed by atoms with E-state index in [2.05, 4.69) is 17.2 Å². The zero-order valence-electron chi connectivity index (χ0n) is 11.8. The molecule has 2 heterocycles. The van der Waals surface area contributed by atoms with Gasteiger partial charge in [-0.1, -0.05) is 0 Å². The summed E-state index contributed by atoms with van der Waals surface area (Å²) in [4.78, 5) is 5.57. The van der Waals surface area contributed by atoms with Crippen LogP contribution in [0.2, 0.25) is 0 Å². The SMILES string of the molecule is CC[NH2+]C[C@H]1O[C@@H]2SC([NH+](C)C)=N[C@@H]2[C@@H](O)[C@@H]1O.[Cl-].[Cl-]. The van der Waals surface area contributed by atoms with Gasteiger partial charge in [0.25, 0.3) is 5.17 Å². The number of thioether (sulfide) groups is 1. The second kappa shape index (κ2) is 8.75. The van der Waals surface area contributed by atoms with Gasteiger partial charge in [-0.3, -0.25) is 4.90 Å². The molecule has 5 N–H and O–H groups in total. The fraction of sp³-hybridized carbons (Fsp3) is 0.909. The summed E-state index contributed by atoms with van der Waals surface area (Å²) in [6, 6.07) is -0.340. The Morgan fingerprint density at radius 3 is 2.50 bits per heavy atom. The van der Waals surface area contributed by atoms with Gasteiger partial charge in [0.2, 0.25) is 0 Å². The first-order chi connectivity index (χ1) is 8.54. The summed E-state index contributed by atoms with van der Waals surface area (Å²) >= 11 is 1.55. The number of aliphatic hydroxyl groups excluding tert-OH is 2. The van der Waals surface area contributed by atoms with Crippen LogP contribution in [0.1, 0.15) is 6.92 Å². The Hall–Kier alpha value is 0.400. The molecule has 6 nitrogen and oxygen atoms in total. The molecule has 0 aromatic carbocycles. The fourth-order valence-electron chi connectivity index (χ4n) is 2.20. The van der Waals surface area contributed by atoms with Crippen molar-refractivity contribution in [2.75, 3.05) is 27.2 Å². The quantitative estimate of drug-likeness (QED) is 0.408. The van der Waals surface area contributed by atoms with Crippen molar-refractivity contribution in [2.45, 2.75) is 36.7 Å². The van der Waals surface area contributed by atoms with Crippen molar-refractivity contribution in [3.63, 3.8) is 0 Å². The molecule has 0 aliphatic carbocycles. The lowest BCUT2D eigenvalue weighted by molar-refractivity contribution is -0.753. The van der Waals surface area contributed by atoms with Gasteiger partial charge in [-0.05, 0) is 18.7 Å². The number of aliphatic imine (C=N–C) groups is 1. The molecule has 0 spiro atoms. The fourth-order valence-corrected chi connectivity index (χ4v) is 3.40. The van der Waals surface area contributed by atoms with E-state index in [1.807, 2.05) is 14.1 Å². The van der Waals surface area contributed by atoms with Crippen LogP contribution in [0, 0.1) is 0 Å². The molecule has 2 aliphatic rings. The largest absolute Gasteiger partial charge is 1.00 e. The Morgan fingerprint density at radius 2 is 1.95 bits per heavy atom. The Kier molecular flexibility index (Phi) is 8.92. The molecule has 0 saturated carbocycles. The minimum Gasteiger partial charge on any atom is -1.00 e. The number of nitrogens with zero attached hydrogens (tertiary/aromatic N) is 1. The number of quaternary nitrogens is 2. The molecular weight excluding hydrogens is 325 g/mol. The molecular formula is C11H23Cl2N3O3S. The van der Waals surface area contributed by atoms with Gasteiger partial charge in [0.1, 0.15) is 36.3 Å². The van der Waals surface area contributed by atoms with Crippen molar-refractivity contribution >= 4 is 16.9 Å². The number of nitrogens with two attached hydrogens (primary N) is 1. The van der Waals surface area contributed by atoms with E-state index in [-0.39, 0.29) is 42.4 Å². The van der Waals surface area contributed by atoms with Crippen molar-refractivity contribution in [3.05, 3.63) is 0 Å². The molecule has 1 saturated heterocycles. The number of halogens is 2. The number of amidine groups is 1. The molecule has 0 aromatic heterocycles. The first-order valence-corrected chi connectivity index (χ1v) is 7.30. The van der Waals surface area contributed by atoms with Crippen LogP contribution in [-0.2, 0) is 4.74 Å². The lowest BCUT2D eigenvalue weighted by Crippen LogP contribution is -3.07. The number of aliphatic hydroxyl groups is 2. The molecule has 2 rings (SSSR count). The Morgan fingerprint density at radius 1 is 1.30 bits per heavy atom. The van der Waals surface area contributed by atoms with Crippen LogP contribution < -0.4 is 35.0 Å². The first kappa shape index (κ1) is 20.4. The maximum atomic E-state index is 10.1.